The first kappa shape index (κ1) is 20.5. The second-order valence-corrected chi connectivity index (χ2v) is 6.71. The zero-order valence-electron chi connectivity index (χ0n) is 17.1. The van der Waals surface area contributed by atoms with Gasteiger partial charge in [-0.3, -0.25) is 13.9 Å². The van der Waals surface area contributed by atoms with Gasteiger partial charge in [0.15, 0.2) is 11.5 Å². The van der Waals surface area contributed by atoms with E-state index in [0.29, 0.717) is 37.6 Å². The Labute approximate surface area is 169 Å². The molecule has 1 N–H and O–H groups in total. The molecule has 0 bridgehead atoms. The van der Waals surface area contributed by atoms with Gasteiger partial charge in [-0.05, 0) is 43.2 Å². The molecular formula is C22H27N3O4. The van der Waals surface area contributed by atoms with Crippen molar-refractivity contribution in [2.45, 2.75) is 32.9 Å². The smallest absolute Gasteiger partial charge is 0.329 e. The number of methoxy groups -OCH3 is 2. The number of hydrogen-bond donors (Lipinski definition) is 1. The molecule has 3 aromatic rings. The molecule has 7 nitrogen and oxygen atoms in total. The average Bonchev–Trinajstić information content (AvgIpc) is 3.02. The van der Waals surface area contributed by atoms with Gasteiger partial charge in [0.25, 0.3) is 0 Å². The highest BCUT2D eigenvalue weighted by molar-refractivity contribution is 5.78. The third-order valence-electron chi connectivity index (χ3n) is 4.99. The van der Waals surface area contributed by atoms with Crippen molar-refractivity contribution in [2.75, 3.05) is 20.8 Å². The van der Waals surface area contributed by atoms with E-state index in [9.17, 15) is 9.59 Å². The lowest BCUT2D eigenvalue weighted by Crippen LogP contribution is -2.29. The van der Waals surface area contributed by atoms with Crippen molar-refractivity contribution in [3.05, 3.63) is 58.5 Å². The Morgan fingerprint density at radius 3 is 2.34 bits per heavy atom. The van der Waals surface area contributed by atoms with Crippen LogP contribution in [0.1, 0.15) is 18.9 Å². The van der Waals surface area contributed by atoms with Crippen LogP contribution in [0.4, 0.5) is 0 Å². The van der Waals surface area contributed by atoms with E-state index in [1.807, 2.05) is 49.4 Å². The lowest BCUT2D eigenvalue weighted by molar-refractivity contribution is -0.121. The molecule has 0 atom stereocenters. The number of benzene rings is 2. The normalized spacial score (nSPS) is 10.9. The van der Waals surface area contributed by atoms with Gasteiger partial charge in [-0.2, -0.15) is 0 Å². The molecule has 1 heterocycles. The molecule has 2 aromatic carbocycles. The average molecular weight is 397 g/mol. The maximum absolute atomic E-state index is 12.6. The molecule has 0 saturated heterocycles. The Bertz CT molecular complexity index is 1050. The van der Waals surface area contributed by atoms with Crippen LogP contribution in [-0.4, -0.2) is 35.8 Å². The summed E-state index contributed by atoms with van der Waals surface area (Å²) in [6.07, 6.45) is 0.935. The molecule has 3 rings (SSSR count). The van der Waals surface area contributed by atoms with E-state index in [4.69, 9.17) is 9.47 Å². The van der Waals surface area contributed by atoms with Gasteiger partial charge in [0, 0.05) is 26.1 Å². The second-order valence-electron chi connectivity index (χ2n) is 6.71. The molecule has 0 aliphatic heterocycles. The van der Waals surface area contributed by atoms with Crippen LogP contribution in [0.5, 0.6) is 11.5 Å². The Kier molecular flexibility index (Phi) is 6.59. The Balaban J connectivity index is 1.57. The van der Waals surface area contributed by atoms with Crippen molar-refractivity contribution in [3.8, 4) is 11.5 Å². The molecule has 154 valence electrons. The fraction of sp³-hybridized carbons (Fsp3) is 0.364. The van der Waals surface area contributed by atoms with E-state index in [1.54, 1.807) is 23.4 Å². The van der Waals surface area contributed by atoms with Crippen LogP contribution >= 0.6 is 0 Å². The summed E-state index contributed by atoms with van der Waals surface area (Å²) in [5, 5.41) is 2.92. The third kappa shape index (κ3) is 4.45. The first-order valence-corrected chi connectivity index (χ1v) is 9.74. The van der Waals surface area contributed by atoms with Crippen molar-refractivity contribution in [2.24, 2.45) is 0 Å². The molecule has 7 heteroatoms. The lowest BCUT2D eigenvalue weighted by Gasteiger charge is -2.10. The van der Waals surface area contributed by atoms with Crippen LogP contribution in [0.3, 0.4) is 0 Å². The minimum Gasteiger partial charge on any atom is -0.493 e. The second kappa shape index (κ2) is 9.32. The predicted octanol–water partition coefficient (Wildman–Crippen LogP) is 2.59. The van der Waals surface area contributed by atoms with Crippen molar-refractivity contribution >= 4 is 16.9 Å². The maximum Gasteiger partial charge on any atom is 0.329 e. The Hall–Kier alpha value is -3.22. The van der Waals surface area contributed by atoms with Crippen LogP contribution in [0.25, 0.3) is 11.0 Å². The number of carbonyl (C=O) groups is 1. The van der Waals surface area contributed by atoms with E-state index in [1.165, 1.54) is 0 Å². The Morgan fingerprint density at radius 1 is 1.00 bits per heavy atom. The fourth-order valence-electron chi connectivity index (χ4n) is 3.48. The van der Waals surface area contributed by atoms with Gasteiger partial charge in [0.1, 0.15) is 0 Å². The number of nitrogens with zero attached hydrogens (tertiary/aromatic N) is 2. The number of nitrogens with one attached hydrogen (secondary N) is 1. The number of rotatable bonds is 9. The summed E-state index contributed by atoms with van der Waals surface area (Å²) in [5.41, 5.74) is 2.73. The number of ether oxygens (including phenoxy) is 2. The van der Waals surface area contributed by atoms with E-state index < -0.39 is 0 Å². The van der Waals surface area contributed by atoms with Gasteiger partial charge in [0.2, 0.25) is 5.91 Å². The highest BCUT2D eigenvalue weighted by Crippen LogP contribution is 2.27. The number of imidazole rings is 1. The van der Waals surface area contributed by atoms with Crippen molar-refractivity contribution in [1.29, 1.82) is 0 Å². The van der Waals surface area contributed by atoms with E-state index in [-0.39, 0.29) is 18.0 Å². The summed E-state index contributed by atoms with van der Waals surface area (Å²) in [6, 6.07) is 13.4. The number of carbonyl (C=O) groups excluding carboxylic acids is 1. The lowest BCUT2D eigenvalue weighted by atomic mass is 10.1. The number of hydrogen-bond acceptors (Lipinski definition) is 4. The zero-order chi connectivity index (χ0) is 20.8. The molecule has 29 heavy (non-hydrogen) atoms. The number of aromatic nitrogens is 2. The standard InChI is InChI=1S/C22H27N3O4/c1-4-24-17-7-5-6-8-18(17)25(22(24)27)14-12-21(26)23-13-11-16-9-10-19(28-2)20(15-16)29-3/h5-10,15H,4,11-14H2,1-3H3,(H,23,26). The topological polar surface area (TPSA) is 74.5 Å². The third-order valence-corrected chi connectivity index (χ3v) is 4.99. The molecule has 1 aromatic heterocycles. The summed E-state index contributed by atoms with van der Waals surface area (Å²) in [5.74, 6) is 1.27. The quantitative estimate of drug-likeness (QED) is 0.602. The number of para-hydroxylation sites is 2. The van der Waals surface area contributed by atoms with Crippen molar-refractivity contribution < 1.29 is 14.3 Å². The molecular weight excluding hydrogens is 370 g/mol. The summed E-state index contributed by atoms with van der Waals surface area (Å²) in [4.78, 5) is 24.9. The molecule has 0 radical (unpaired) electrons. The van der Waals surface area contributed by atoms with Gasteiger partial charge in [-0.15, -0.1) is 0 Å². The minimum atomic E-state index is -0.0780. The maximum atomic E-state index is 12.6. The largest absolute Gasteiger partial charge is 0.493 e. The van der Waals surface area contributed by atoms with Crippen LogP contribution in [-0.2, 0) is 24.3 Å². The molecule has 0 aliphatic carbocycles. The SMILES string of the molecule is CCn1c(=O)n(CCC(=O)NCCc2ccc(OC)c(OC)c2)c2ccccc21. The zero-order valence-corrected chi connectivity index (χ0v) is 17.1. The molecule has 0 saturated carbocycles. The van der Waals surface area contributed by atoms with Gasteiger partial charge >= 0.3 is 5.69 Å². The van der Waals surface area contributed by atoms with Gasteiger partial charge in [-0.25, -0.2) is 4.79 Å². The summed E-state index contributed by atoms with van der Waals surface area (Å²) in [7, 11) is 3.20. The molecule has 1 amide bonds. The molecule has 0 fully saturated rings. The Morgan fingerprint density at radius 2 is 1.69 bits per heavy atom. The minimum absolute atomic E-state index is 0.0770. The van der Waals surface area contributed by atoms with E-state index in [2.05, 4.69) is 5.32 Å². The summed E-state index contributed by atoms with van der Waals surface area (Å²) in [6.45, 7) is 3.41. The fourth-order valence-corrected chi connectivity index (χ4v) is 3.48. The highest BCUT2D eigenvalue weighted by Gasteiger charge is 2.12. The molecule has 0 unspecified atom stereocenters. The molecule has 0 aliphatic rings. The van der Waals surface area contributed by atoms with E-state index in [0.717, 1.165) is 16.6 Å². The number of amides is 1. The first-order valence-electron chi connectivity index (χ1n) is 9.74. The van der Waals surface area contributed by atoms with Crippen LogP contribution in [0, 0.1) is 0 Å². The van der Waals surface area contributed by atoms with Crippen LogP contribution in [0.15, 0.2) is 47.3 Å². The highest BCUT2D eigenvalue weighted by atomic mass is 16.5. The van der Waals surface area contributed by atoms with Gasteiger partial charge in [0.05, 0.1) is 25.3 Å². The van der Waals surface area contributed by atoms with Gasteiger partial charge in [-0.1, -0.05) is 18.2 Å². The number of aryl methyl sites for hydroxylation is 2. The first-order chi connectivity index (χ1) is 14.1. The number of fused-ring (bicyclic) bond motifs is 1. The summed E-state index contributed by atoms with van der Waals surface area (Å²) < 4.78 is 13.9. The molecule has 0 spiro atoms. The van der Waals surface area contributed by atoms with Gasteiger partial charge < -0.3 is 14.8 Å². The van der Waals surface area contributed by atoms with Crippen molar-refractivity contribution in [1.82, 2.24) is 14.5 Å². The van der Waals surface area contributed by atoms with Crippen molar-refractivity contribution in [3.63, 3.8) is 0 Å². The van der Waals surface area contributed by atoms with Crippen LogP contribution in [0.2, 0.25) is 0 Å². The predicted molar refractivity (Wildman–Crippen MR) is 113 cm³/mol. The summed E-state index contributed by atoms with van der Waals surface area (Å²) >= 11 is 0. The van der Waals surface area contributed by atoms with Crippen LogP contribution < -0.4 is 20.5 Å². The monoisotopic (exact) mass is 397 g/mol. The van der Waals surface area contributed by atoms with E-state index >= 15 is 0 Å².